The first kappa shape index (κ1) is 21.0. The second-order valence-corrected chi connectivity index (χ2v) is 7.57. The van der Waals surface area contributed by atoms with Crippen LogP contribution in [0.4, 0.5) is 0 Å². The fourth-order valence-electron chi connectivity index (χ4n) is 2.42. The molecule has 0 saturated carbocycles. The minimum absolute atomic E-state index is 0.0640. The third kappa shape index (κ3) is 6.44. The maximum absolute atomic E-state index is 12.3. The average Bonchev–Trinajstić information content (AvgIpc) is 2.70. The smallest absolute Gasteiger partial charge is 0.251 e. The number of rotatable bonds is 10. The summed E-state index contributed by atoms with van der Waals surface area (Å²) in [5.74, 6) is -0.324. The molecular formula is C19H24N2O5S. The van der Waals surface area contributed by atoms with Gasteiger partial charge in [-0.2, -0.15) is 0 Å². The average molecular weight is 392 g/mol. The standard InChI is InChI=1S/C19H24N2O5S/c1-2-26-18(14-21-27(24,25)16-11-7-4-8-12-16)17(22)13-20-19(23)15-9-5-3-6-10-15/h3-12,17-18,21-22H,2,13-14H2,1H3,(H,20,23)/t17-,18+/m0/s1. The van der Waals surface area contributed by atoms with Gasteiger partial charge in [-0.15, -0.1) is 0 Å². The van der Waals surface area contributed by atoms with Gasteiger partial charge in [-0.1, -0.05) is 36.4 Å². The molecule has 0 saturated heterocycles. The van der Waals surface area contributed by atoms with Gasteiger partial charge in [-0.3, -0.25) is 4.79 Å². The Bertz CT molecular complexity index is 813. The van der Waals surface area contributed by atoms with Crippen molar-refractivity contribution in [3.63, 3.8) is 0 Å². The van der Waals surface area contributed by atoms with Crippen LogP contribution in [0.2, 0.25) is 0 Å². The Kier molecular flexibility index (Phi) is 7.93. The Balaban J connectivity index is 1.92. The minimum atomic E-state index is -3.71. The zero-order valence-electron chi connectivity index (χ0n) is 15.0. The van der Waals surface area contributed by atoms with Gasteiger partial charge < -0.3 is 15.2 Å². The highest BCUT2D eigenvalue weighted by Gasteiger charge is 2.23. The van der Waals surface area contributed by atoms with E-state index < -0.39 is 22.2 Å². The number of carbonyl (C=O) groups excluding carboxylic acids is 1. The summed E-state index contributed by atoms with van der Waals surface area (Å²) >= 11 is 0. The highest BCUT2D eigenvalue weighted by atomic mass is 32.2. The maximum atomic E-state index is 12.3. The molecule has 0 unspecified atom stereocenters. The molecule has 0 aromatic heterocycles. The number of nitrogens with one attached hydrogen (secondary N) is 2. The van der Waals surface area contributed by atoms with Gasteiger partial charge in [0.25, 0.3) is 5.91 Å². The lowest BCUT2D eigenvalue weighted by Gasteiger charge is -2.23. The Labute approximate surface area is 159 Å². The predicted molar refractivity (Wildman–Crippen MR) is 102 cm³/mol. The van der Waals surface area contributed by atoms with Crippen molar-refractivity contribution in [2.24, 2.45) is 0 Å². The molecule has 0 bridgehead atoms. The Hall–Kier alpha value is -2.26. The highest BCUT2D eigenvalue weighted by Crippen LogP contribution is 2.08. The number of hydrogen-bond donors (Lipinski definition) is 3. The lowest BCUT2D eigenvalue weighted by Crippen LogP contribution is -2.46. The maximum Gasteiger partial charge on any atom is 0.251 e. The number of benzene rings is 2. The summed E-state index contributed by atoms with van der Waals surface area (Å²) in [6.45, 7) is 1.86. The summed E-state index contributed by atoms with van der Waals surface area (Å²) in [5.41, 5.74) is 0.474. The molecule has 1 amide bonds. The second-order valence-electron chi connectivity index (χ2n) is 5.80. The molecule has 0 aliphatic heterocycles. The number of aliphatic hydroxyl groups excluding tert-OH is 1. The van der Waals surface area contributed by atoms with E-state index in [0.717, 1.165) is 0 Å². The molecule has 2 atom stereocenters. The van der Waals surface area contributed by atoms with E-state index in [1.165, 1.54) is 12.1 Å². The van der Waals surface area contributed by atoms with Crippen molar-refractivity contribution in [2.45, 2.75) is 24.0 Å². The van der Waals surface area contributed by atoms with Gasteiger partial charge >= 0.3 is 0 Å². The largest absolute Gasteiger partial charge is 0.389 e. The van der Waals surface area contributed by atoms with Crippen LogP contribution in [-0.2, 0) is 14.8 Å². The zero-order valence-corrected chi connectivity index (χ0v) is 15.9. The minimum Gasteiger partial charge on any atom is -0.389 e. The Morgan fingerprint density at radius 1 is 1.04 bits per heavy atom. The van der Waals surface area contributed by atoms with E-state index in [-0.39, 0.29) is 23.9 Å². The van der Waals surface area contributed by atoms with E-state index in [2.05, 4.69) is 10.0 Å². The van der Waals surface area contributed by atoms with Crippen molar-refractivity contribution in [3.8, 4) is 0 Å². The van der Waals surface area contributed by atoms with Crippen LogP contribution < -0.4 is 10.0 Å². The molecule has 0 spiro atoms. The number of hydrogen-bond acceptors (Lipinski definition) is 5. The zero-order chi connectivity index (χ0) is 19.7. The molecule has 3 N–H and O–H groups in total. The lowest BCUT2D eigenvalue weighted by molar-refractivity contribution is -0.0269. The van der Waals surface area contributed by atoms with Crippen LogP contribution in [0.3, 0.4) is 0 Å². The van der Waals surface area contributed by atoms with E-state index in [9.17, 15) is 18.3 Å². The summed E-state index contributed by atoms with van der Waals surface area (Å²) in [6.07, 6.45) is -1.87. The predicted octanol–water partition coefficient (Wildman–Crippen LogP) is 1.16. The molecule has 8 heteroatoms. The first-order valence-corrected chi connectivity index (χ1v) is 10.1. The van der Waals surface area contributed by atoms with Crippen LogP contribution in [0.1, 0.15) is 17.3 Å². The van der Waals surface area contributed by atoms with Gasteiger partial charge in [0.05, 0.1) is 17.1 Å². The third-order valence-corrected chi connectivity index (χ3v) is 5.29. The lowest BCUT2D eigenvalue weighted by atomic mass is 10.2. The van der Waals surface area contributed by atoms with Crippen molar-refractivity contribution in [1.82, 2.24) is 10.0 Å². The Morgan fingerprint density at radius 2 is 1.63 bits per heavy atom. The van der Waals surface area contributed by atoms with Crippen LogP contribution in [0, 0.1) is 0 Å². The molecule has 0 heterocycles. The SMILES string of the molecule is CCO[C@H](CNS(=O)(=O)c1ccccc1)[C@@H](O)CNC(=O)c1ccccc1. The van der Waals surface area contributed by atoms with Crippen molar-refractivity contribution in [1.29, 1.82) is 0 Å². The van der Waals surface area contributed by atoms with E-state index in [0.29, 0.717) is 12.2 Å². The number of amides is 1. The van der Waals surface area contributed by atoms with Crippen molar-refractivity contribution in [3.05, 3.63) is 66.2 Å². The molecule has 2 aromatic rings. The van der Waals surface area contributed by atoms with Crippen LogP contribution in [0.15, 0.2) is 65.6 Å². The van der Waals surface area contributed by atoms with Crippen LogP contribution in [0.5, 0.6) is 0 Å². The second kappa shape index (κ2) is 10.2. The van der Waals surface area contributed by atoms with Gasteiger partial charge in [0, 0.05) is 25.3 Å². The molecular weight excluding hydrogens is 368 g/mol. The molecule has 0 aliphatic carbocycles. The monoisotopic (exact) mass is 392 g/mol. The first-order chi connectivity index (χ1) is 12.9. The fourth-order valence-corrected chi connectivity index (χ4v) is 3.48. The molecule has 0 aliphatic rings. The van der Waals surface area contributed by atoms with Gasteiger partial charge in [0.2, 0.25) is 10.0 Å². The van der Waals surface area contributed by atoms with Crippen molar-refractivity contribution < 1.29 is 23.1 Å². The van der Waals surface area contributed by atoms with E-state index in [4.69, 9.17) is 4.74 Å². The van der Waals surface area contributed by atoms with Crippen LogP contribution in [0.25, 0.3) is 0 Å². The Morgan fingerprint density at radius 3 is 2.22 bits per heavy atom. The summed E-state index contributed by atoms with van der Waals surface area (Å²) in [4.78, 5) is 12.2. The third-order valence-electron chi connectivity index (χ3n) is 3.85. The quantitative estimate of drug-likeness (QED) is 0.563. The van der Waals surface area contributed by atoms with E-state index in [1.807, 2.05) is 0 Å². The highest BCUT2D eigenvalue weighted by molar-refractivity contribution is 7.89. The number of carbonyl (C=O) groups is 1. The summed E-state index contributed by atoms with van der Waals surface area (Å²) < 4.78 is 32.5. The molecule has 2 rings (SSSR count). The number of aliphatic hydroxyl groups is 1. The fraction of sp³-hybridized carbons (Fsp3) is 0.316. The summed E-state index contributed by atoms with van der Waals surface area (Å²) in [6, 6.07) is 16.6. The van der Waals surface area contributed by atoms with Crippen molar-refractivity contribution in [2.75, 3.05) is 19.7 Å². The van der Waals surface area contributed by atoms with Crippen LogP contribution in [-0.4, -0.2) is 51.3 Å². The number of sulfonamides is 1. The van der Waals surface area contributed by atoms with Crippen molar-refractivity contribution >= 4 is 15.9 Å². The normalized spacial score (nSPS) is 13.7. The molecule has 146 valence electrons. The summed E-state index contributed by atoms with van der Waals surface area (Å²) in [7, 11) is -3.71. The molecule has 27 heavy (non-hydrogen) atoms. The first-order valence-electron chi connectivity index (χ1n) is 8.61. The summed E-state index contributed by atoms with van der Waals surface area (Å²) in [5, 5.41) is 12.9. The number of ether oxygens (including phenoxy) is 1. The van der Waals surface area contributed by atoms with Gasteiger partial charge in [-0.25, -0.2) is 13.1 Å². The van der Waals surface area contributed by atoms with Gasteiger partial charge in [0.1, 0.15) is 0 Å². The topological polar surface area (TPSA) is 105 Å². The van der Waals surface area contributed by atoms with Gasteiger partial charge in [-0.05, 0) is 31.2 Å². The molecule has 0 radical (unpaired) electrons. The van der Waals surface area contributed by atoms with E-state index in [1.54, 1.807) is 55.5 Å². The molecule has 7 nitrogen and oxygen atoms in total. The van der Waals surface area contributed by atoms with Gasteiger partial charge in [0.15, 0.2) is 0 Å². The van der Waals surface area contributed by atoms with E-state index >= 15 is 0 Å². The van der Waals surface area contributed by atoms with Crippen LogP contribution >= 0.6 is 0 Å². The molecule has 0 fully saturated rings. The molecule has 2 aromatic carbocycles.